The van der Waals surface area contributed by atoms with Gasteiger partial charge in [-0.2, -0.15) is 13.2 Å². The van der Waals surface area contributed by atoms with E-state index in [4.69, 9.17) is 5.11 Å². The predicted octanol–water partition coefficient (Wildman–Crippen LogP) is 3.56. The number of anilines is 2. The predicted molar refractivity (Wildman–Crippen MR) is 94.3 cm³/mol. The van der Waals surface area contributed by atoms with E-state index in [2.05, 4.69) is 5.32 Å². The van der Waals surface area contributed by atoms with Crippen molar-refractivity contribution in [3.63, 3.8) is 0 Å². The van der Waals surface area contributed by atoms with Crippen LogP contribution in [0.5, 0.6) is 0 Å². The molecule has 0 radical (unpaired) electrons. The van der Waals surface area contributed by atoms with Crippen LogP contribution in [-0.2, 0) is 11.0 Å². The van der Waals surface area contributed by atoms with Gasteiger partial charge in [0.25, 0.3) is 5.91 Å². The summed E-state index contributed by atoms with van der Waals surface area (Å²) < 4.78 is 37.9. The Morgan fingerprint density at radius 2 is 1.68 bits per heavy atom. The third kappa shape index (κ3) is 3.59. The molecule has 6 nitrogen and oxygen atoms in total. The lowest BCUT2D eigenvalue weighted by Crippen LogP contribution is -2.34. The summed E-state index contributed by atoms with van der Waals surface area (Å²) in [7, 11) is 1.52. The number of allylic oxidation sites excluding steroid dienone is 1. The number of nitrogens with one attached hydrogen (secondary N) is 1. The molecule has 0 fully saturated rings. The maximum atomic E-state index is 12.6. The molecular weight excluding hydrogens is 377 g/mol. The molecule has 2 N–H and O–H groups in total. The van der Waals surface area contributed by atoms with Gasteiger partial charge >= 0.3 is 12.1 Å². The fraction of sp³-hybridized carbons (Fsp3) is 0.105. The number of amides is 1. The molecule has 3 rings (SSSR count). The first-order valence-corrected chi connectivity index (χ1v) is 7.93. The van der Waals surface area contributed by atoms with E-state index in [1.54, 1.807) is 0 Å². The maximum absolute atomic E-state index is 12.6. The van der Waals surface area contributed by atoms with E-state index in [1.807, 2.05) is 0 Å². The number of alkyl halides is 3. The Labute approximate surface area is 156 Å². The number of hydrogen-bond acceptors (Lipinski definition) is 4. The van der Waals surface area contributed by atoms with E-state index < -0.39 is 29.4 Å². The highest BCUT2D eigenvalue weighted by molar-refractivity contribution is 6.17. The van der Waals surface area contributed by atoms with Crippen molar-refractivity contribution in [3.8, 4) is 0 Å². The fourth-order valence-corrected chi connectivity index (χ4v) is 2.72. The normalized spacial score (nSPS) is 15.2. The van der Waals surface area contributed by atoms with E-state index in [0.29, 0.717) is 5.69 Å². The van der Waals surface area contributed by atoms with Crippen molar-refractivity contribution in [1.82, 2.24) is 0 Å². The molecule has 1 aliphatic rings. The highest BCUT2D eigenvalue weighted by atomic mass is 19.4. The van der Waals surface area contributed by atoms with Crippen LogP contribution in [0, 0.1) is 0 Å². The average molecular weight is 390 g/mol. The van der Waals surface area contributed by atoms with Crippen LogP contribution in [0.2, 0.25) is 0 Å². The highest BCUT2D eigenvalue weighted by Crippen LogP contribution is 2.34. The molecule has 1 aliphatic heterocycles. The van der Waals surface area contributed by atoms with Gasteiger partial charge in [0.1, 0.15) is 5.70 Å². The van der Waals surface area contributed by atoms with Crippen LogP contribution in [0.1, 0.15) is 26.3 Å². The quantitative estimate of drug-likeness (QED) is 0.618. The minimum absolute atomic E-state index is 0.00581. The van der Waals surface area contributed by atoms with Gasteiger partial charge in [0.15, 0.2) is 5.78 Å². The van der Waals surface area contributed by atoms with E-state index in [1.165, 1.54) is 30.1 Å². The number of likely N-dealkylation sites (N-methyl/N-ethyl adjacent to an activating group) is 1. The second-order valence-electron chi connectivity index (χ2n) is 6.02. The Morgan fingerprint density at radius 1 is 1.07 bits per heavy atom. The largest absolute Gasteiger partial charge is 0.478 e. The zero-order chi connectivity index (χ0) is 20.6. The zero-order valence-corrected chi connectivity index (χ0v) is 14.4. The second kappa shape index (κ2) is 6.84. The summed E-state index contributed by atoms with van der Waals surface area (Å²) in [6.45, 7) is 0. The molecular formula is C19H13F3N2O4. The molecule has 0 atom stereocenters. The lowest BCUT2D eigenvalue weighted by molar-refractivity contribution is -0.137. The number of nitrogens with zero attached hydrogens (tertiary/aromatic N) is 1. The van der Waals surface area contributed by atoms with Gasteiger partial charge in [0.2, 0.25) is 0 Å². The smallest absolute Gasteiger partial charge is 0.416 e. The van der Waals surface area contributed by atoms with Gasteiger partial charge in [0.05, 0.1) is 22.5 Å². The number of benzene rings is 2. The van der Waals surface area contributed by atoms with Crippen molar-refractivity contribution in [2.24, 2.45) is 0 Å². The molecule has 0 saturated carbocycles. The van der Waals surface area contributed by atoms with E-state index in [0.717, 1.165) is 30.3 Å². The molecule has 2 aromatic rings. The van der Waals surface area contributed by atoms with Crippen molar-refractivity contribution in [2.75, 3.05) is 17.3 Å². The summed E-state index contributed by atoms with van der Waals surface area (Å²) in [6.07, 6.45) is -3.49. The molecule has 28 heavy (non-hydrogen) atoms. The van der Waals surface area contributed by atoms with Crippen molar-refractivity contribution in [1.29, 1.82) is 0 Å². The van der Waals surface area contributed by atoms with Crippen molar-refractivity contribution in [3.05, 3.63) is 70.9 Å². The molecule has 144 valence electrons. The fourth-order valence-electron chi connectivity index (χ4n) is 2.72. The van der Waals surface area contributed by atoms with Crippen LogP contribution < -0.4 is 10.2 Å². The number of fused-ring (bicyclic) bond motifs is 1. The Morgan fingerprint density at radius 3 is 2.25 bits per heavy atom. The standard InChI is InChI=1S/C19H13F3N2O4/c1-24-14-7-4-11(18(27)28)8-13(14)23-17(26)15(24)9-16(25)10-2-5-12(6-3-10)19(20,21)22/h2-9H,1H3,(H,23,26)(H,27,28). The number of halogens is 3. The summed E-state index contributed by atoms with van der Waals surface area (Å²) in [5.41, 5.74) is -0.190. The second-order valence-corrected chi connectivity index (χ2v) is 6.02. The summed E-state index contributed by atoms with van der Waals surface area (Å²) in [5, 5.41) is 11.5. The van der Waals surface area contributed by atoms with Gasteiger partial charge in [-0.25, -0.2) is 4.79 Å². The molecule has 0 bridgehead atoms. The number of carboxylic acids is 1. The lowest BCUT2D eigenvalue weighted by atomic mass is 10.0. The maximum Gasteiger partial charge on any atom is 0.416 e. The number of hydrogen-bond donors (Lipinski definition) is 2. The van der Waals surface area contributed by atoms with Crippen LogP contribution in [0.3, 0.4) is 0 Å². The summed E-state index contributed by atoms with van der Waals surface area (Å²) >= 11 is 0. The minimum atomic E-state index is -4.51. The van der Waals surface area contributed by atoms with Crippen molar-refractivity contribution in [2.45, 2.75) is 6.18 Å². The third-order valence-corrected chi connectivity index (χ3v) is 4.21. The van der Waals surface area contributed by atoms with Crippen LogP contribution in [0.25, 0.3) is 0 Å². The Hall–Kier alpha value is -3.62. The molecule has 0 saturated heterocycles. The third-order valence-electron chi connectivity index (χ3n) is 4.21. The molecule has 1 heterocycles. The summed E-state index contributed by atoms with van der Waals surface area (Å²) in [6, 6.07) is 7.78. The number of carbonyl (C=O) groups is 3. The van der Waals surface area contributed by atoms with E-state index >= 15 is 0 Å². The van der Waals surface area contributed by atoms with Gasteiger partial charge in [-0.1, -0.05) is 12.1 Å². The SMILES string of the molecule is CN1C(=CC(=O)c2ccc(C(F)(F)F)cc2)C(=O)Nc2cc(C(=O)O)ccc21. The molecule has 0 aromatic heterocycles. The lowest BCUT2D eigenvalue weighted by Gasteiger charge is -2.29. The number of ketones is 1. The Balaban J connectivity index is 1.90. The molecule has 1 amide bonds. The van der Waals surface area contributed by atoms with Crippen molar-refractivity contribution < 1.29 is 32.7 Å². The van der Waals surface area contributed by atoms with Gasteiger partial charge in [-0.15, -0.1) is 0 Å². The Bertz CT molecular complexity index is 1010. The molecule has 9 heteroatoms. The molecule has 0 aliphatic carbocycles. The van der Waals surface area contributed by atoms with Gasteiger partial charge in [-0.05, 0) is 30.3 Å². The number of aromatic carboxylic acids is 1. The zero-order valence-electron chi connectivity index (χ0n) is 14.4. The number of carboxylic acid groups (broad SMARTS) is 1. The van der Waals surface area contributed by atoms with E-state index in [9.17, 15) is 27.6 Å². The topological polar surface area (TPSA) is 86.7 Å². The number of carbonyl (C=O) groups excluding carboxylic acids is 2. The van der Waals surface area contributed by atoms with Gasteiger partial charge < -0.3 is 15.3 Å². The summed E-state index contributed by atoms with van der Waals surface area (Å²) in [5.74, 6) is -2.44. The first-order chi connectivity index (χ1) is 13.1. The molecule has 0 unspecified atom stereocenters. The minimum Gasteiger partial charge on any atom is -0.478 e. The summed E-state index contributed by atoms with van der Waals surface area (Å²) in [4.78, 5) is 37.2. The average Bonchev–Trinajstić information content (AvgIpc) is 2.63. The van der Waals surface area contributed by atoms with Crippen LogP contribution >= 0.6 is 0 Å². The van der Waals surface area contributed by atoms with Crippen LogP contribution in [0.4, 0.5) is 24.5 Å². The Kier molecular flexibility index (Phi) is 4.68. The monoisotopic (exact) mass is 390 g/mol. The number of rotatable bonds is 3. The van der Waals surface area contributed by atoms with Crippen LogP contribution in [0.15, 0.2) is 54.2 Å². The van der Waals surface area contributed by atoms with E-state index in [-0.39, 0.29) is 22.5 Å². The first kappa shape index (κ1) is 19.2. The highest BCUT2D eigenvalue weighted by Gasteiger charge is 2.30. The van der Waals surface area contributed by atoms with Gasteiger partial charge in [-0.3, -0.25) is 9.59 Å². The van der Waals surface area contributed by atoms with Gasteiger partial charge in [0, 0.05) is 18.7 Å². The van der Waals surface area contributed by atoms with Crippen molar-refractivity contribution >= 4 is 29.0 Å². The first-order valence-electron chi connectivity index (χ1n) is 7.93. The molecule has 0 spiro atoms. The van der Waals surface area contributed by atoms with Crippen LogP contribution in [-0.4, -0.2) is 29.8 Å². The molecule has 2 aromatic carbocycles.